The molecule has 1 aromatic carbocycles. The highest BCUT2D eigenvalue weighted by Crippen LogP contribution is 2.15. The molecule has 0 aliphatic rings. The topological polar surface area (TPSA) is 46.2 Å². The normalized spacial score (nSPS) is 9.06. The Hall–Kier alpha value is -1.79. The van der Waals surface area contributed by atoms with Crippen molar-refractivity contribution in [2.24, 2.45) is 0 Å². The van der Waals surface area contributed by atoms with Crippen LogP contribution < -0.4 is 5.32 Å². The van der Waals surface area contributed by atoms with Crippen molar-refractivity contribution in [2.75, 3.05) is 6.54 Å². The first kappa shape index (κ1) is 13.3. The van der Waals surface area contributed by atoms with Crippen LogP contribution in [0.5, 0.6) is 0 Å². The molecule has 0 heterocycles. The van der Waals surface area contributed by atoms with Gasteiger partial charge in [-0.1, -0.05) is 29.5 Å². The largest absolute Gasteiger partial charge is 0.355 e. The monoisotopic (exact) mass is 249 g/mol. The molecule has 1 rings (SSSR count). The van der Waals surface area contributed by atoms with Gasteiger partial charge in [-0.05, 0) is 12.1 Å². The van der Waals surface area contributed by atoms with Crippen molar-refractivity contribution in [1.82, 2.24) is 5.32 Å². The summed E-state index contributed by atoms with van der Waals surface area (Å²) < 4.78 is 0. The number of hydrogen-bond donors (Lipinski definition) is 1. The van der Waals surface area contributed by atoms with Gasteiger partial charge in [0.05, 0.1) is 5.02 Å². The molecule has 1 amide bonds. The van der Waals surface area contributed by atoms with Crippen LogP contribution in [-0.2, 0) is 4.79 Å². The molecule has 3 nitrogen and oxygen atoms in total. The minimum absolute atomic E-state index is 0.0693. The van der Waals surface area contributed by atoms with Gasteiger partial charge in [0.25, 0.3) is 0 Å². The Labute approximate surface area is 105 Å². The van der Waals surface area contributed by atoms with Crippen molar-refractivity contribution in [3.8, 4) is 11.8 Å². The number of amides is 1. The fourth-order valence-electron chi connectivity index (χ4n) is 1.16. The number of benzene rings is 1. The molecule has 0 saturated carbocycles. The van der Waals surface area contributed by atoms with Crippen LogP contribution in [0.2, 0.25) is 5.02 Å². The lowest BCUT2D eigenvalue weighted by molar-refractivity contribution is -0.118. The number of nitrogens with one attached hydrogen (secondary N) is 1. The molecule has 0 aromatic heterocycles. The first-order chi connectivity index (χ1) is 8.13. The van der Waals surface area contributed by atoms with Gasteiger partial charge in [0.2, 0.25) is 5.91 Å². The van der Waals surface area contributed by atoms with E-state index in [-0.39, 0.29) is 5.91 Å². The first-order valence-electron chi connectivity index (χ1n) is 5.11. The maximum absolute atomic E-state index is 10.6. The molecule has 88 valence electrons. The second-order valence-corrected chi connectivity index (χ2v) is 3.80. The molecule has 0 bridgehead atoms. The zero-order valence-electron chi connectivity index (χ0n) is 9.42. The third kappa shape index (κ3) is 4.71. The van der Waals surface area contributed by atoms with Gasteiger partial charge < -0.3 is 5.32 Å². The molecule has 0 fully saturated rings. The minimum atomic E-state index is -0.0693. The predicted octanol–water partition coefficient (Wildman–Crippen LogP) is 2.03. The minimum Gasteiger partial charge on any atom is -0.355 e. The van der Waals surface area contributed by atoms with Gasteiger partial charge in [0.15, 0.2) is 0 Å². The van der Waals surface area contributed by atoms with Crippen LogP contribution in [-0.4, -0.2) is 18.7 Å². The maximum Gasteiger partial charge on any atom is 0.216 e. The average molecular weight is 250 g/mol. The van der Waals surface area contributed by atoms with Crippen molar-refractivity contribution < 1.29 is 9.59 Å². The summed E-state index contributed by atoms with van der Waals surface area (Å²) in [6.45, 7) is 1.98. The standard InChI is InChI=1S/C13H12ClNO2/c1-10(17)15-7-3-2-4-12-6-5-11(9-16)8-13(12)14/h5-6,8-9H,3,7H2,1H3,(H,15,17). The SMILES string of the molecule is CC(=O)NCCC#Cc1ccc(C=O)cc1Cl. The summed E-state index contributed by atoms with van der Waals surface area (Å²) in [6.07, 6.45) is 1.30. The fourth-order valence-corrected chi connectivity index (χ4v) is 1.40. The van der Waals surface area contributed by atoms with E-state index in [0.717, 1.165) is 6.29 Å². The fraction of sp³-hybridized carbons (Fsp3) is 0.231. The van der Waals surface area contributed by atoms with Gasteiger partial charge >= 0.3 is 0 Å². The van der Waals surface area contributed by atoms with Crippen molar-refractivity contribution in [3.63, 3.8) is 0 Å². The first-order valence-corrected chi connectivity index (χ1v) is 5.49. The van der Waals surface area contributed by atoms with Crippen molar-refractivity contribution >= 4 is 23.8 Å². The smallest absolute Gasteiger partial charge is 0.216 e. The van der Waals surface area contributed by atoms with Crippen molar-refractivity contribution in [2.45, 2.75) is 13.3 Å². The Morgan fingerprint density at radius 1 is 1.53 bits per heavy atom. The van der Waals surface area contributed by atoms with E-state index >= 15 is 0 Å². The van der Waals surface area contributed by atoms with E-state index in [1.165, 1.54) is 6.92 Å². The summed E-state index contributed by atoms with van der Waals surface area (Å²) in [4.78, 5) is 21.1. The van der Waals surface area contributed by atoms with E-state index in [4.69, 9.17) is 11.6 Å². The number of aldehydes is 1. The molecule has 0 atom stereocenters. The van der Waals surface area contributed by atoms with E-state index in [1.54, 1.807) is 18.2 Å². The van der Waals surface area contributed by atoms with Gasteiger partial charge in [-0.3, -0.25) is 9.59 Å². The Bertz CT molecular complexity index is 486. The number of halogens is 1. The Balaban J connectivity index is 2.59. The third-order valence-electron chi connectivity index (χ3n) is 1.98. The van der Waals surface area contributed by atoms with E-state index < -0.39 is 0 Å². The molecule has 0 unspecified atom stereocenters. The molecule has 0 radical (unpaired) electrons. The van der Waals surface area contributed by atoms with Crippen molar-refractivity contribution in [3.05, 3.63) is 34.3 Å². The number of rotatable bonds is 3. The molecule has 17 heavy (non-hydrogen) atoms. The zero-order chi connectivity index (χ0) is 12.7. The van der Waals surface area contributed by atoms with Crippen LogP contribution in [0.25, 0.3) is 0 Å². The summed E-state index contributed by atoms with van der Waals surface area (Å²) >= 11 is 5.94. The molecule has 0 aliphatic heterocycles. The number of carbonyl (C=O) groups is 2. The molecule has 0 saturated heterocycles. The lowest BCUT2D eigenvalue weighted by Gasteiger charge is -1.97. The van der Waals surface area contributed by atoms with Crippen LogP contribution in [0.3, 0.4) is 0 Å². The summed E-state index contributed by atoms with van der Waals surface area (Å²) in [6, 6.07) is 4.95. The second kappa shape index (κ2) is 6.72. The summed E-state index contributed by atoms with van der Waals surface area (Å²) in [5, 5.41) is 3.10. The Morgan fingerprint density at radius 2 is 2.29 bits per heavy atom. The van der Waals surface area contributed by atoms with Crippen LogP contribution >= 0.6 is 11.6 Å². The summed E-state index contributed by atoms with van der Waals surface area (Å²) in [7, 11) is 0. The highest BCUT2D eigenvalue weighted by molar-refractivity contribution is 6.32. The van der Waals surface area contributed by atoms with Gasteiger partial charge in [-0.25, -0.2) is 0 Å². The van der Waals surface area contributed by atoms with E-state index in [0.29, 0.717) is 29.1 Å². The van der Waals surface area contributed by atoms with Gasteiger partial charge in [-0.2, -0.15) is 0 Å². The van der Waals surface area contributed by atoms with Gasteiger partial charge in [0.1, 0.15) is 6.29 Å². The van der Waals surface area contributed by atoms with Crippen LogP contribution in [0.1, 0.15) is 29.3 Å². The second-order valence-electron chi connectivity index (χ2n) is 3.39. The highest BCUT2D eigenvalue weighted by Gasteiger charge is 1.98. The van der Waals surface area contributed by atoms with Crippen LogP contribution in [0.15, 0.2) is 18.2 Å². The van der Waals surface area contributed by atoms with E-state index in [9.17, 15) is 9.59 Å². The molecule has 0 aliphatic carbocycles. The summed E-state index contributed by atoms with van der Waals surface area (Å²) in [5.74, 6) is 5.72. The quantitative estimate of drug-likeness (QED) is 0.506. The summed E-state index contributed by atoms with van der Waals surface area (Å²) in [5.41, 5.74) is 1.21. The predicted molar refractivity (Wildman–Crippen MR) is 67.0 cm³/mol. The van der Waals surface area contributed by atoms with Gasteiger partial charge in [-0.15, -0.1) is 0 Å². The van der Waals surface area contributed by atoms with E-state index in [2.05, 4.69) is 17.2 Å². The third-order valence-corrected chi connectivity index (χ3v) is 2.29. The number of carbonyl (C=O) groups excluding carboxylic acids is 2. The Morgan fingerprint density at radius 3 is 2.88 bits per heavy atom. The lowest BCUT2D eigenvalue weighted by atomic mass is 10.1. The molecular formula is C13H12ClNO2. The average Bonchev–Trinajstić information content (AvgIpc) is 2.30. The molecule has 4 heteroatoms. The van der Waals surface area contributed by atoms with Crippen LogP contribution in [0.4, 0.5) is 0 Å². The molecule has 0 spiro atoms. The number of hydrogen-bond acceptors (Lipinski definition) is 2. The maximum atomic E-state index is 10.6. The van der Waals surface area contributed by atoms with Crippen molar-refractivity contribution in [1.29, 1.82) is 0 Å². The van der Waals surface area contributed by atoms with E-state index in [1.807, 2.05) is 0 Å². The van der Waals surface area contributed by atoms with Crippen LogP contribution in [0, 0.1) is 11.8 Å². The zero-order valence-corrected chi connectivity index (χ0v) is 10.2. The van der Waals surface area contributed by atoms with Gasteiger partial charge in [0, 0.05) is 31.0 Å². The molecule has 1 aromatic rings. The Kier molecular flexibility index (Phi) is 5.25. The molecular weight excluding hydrogens is 238 g/mol. The molecule has 1 N–H and O–H groups in total. The highest BCUT2D eigenvalue weighted by atomic mass is 35.5. The lowest BCUT2D eigenvalue weighted by Crippen LogP contribution is -2.20.